The van der Waals surface area contributed by atoms with E-state index >= 15 is 0 Å². The fourth-order valence-corrected chi connectivity index (χ4v) is 6.11. The second kappa shape index (κ2) is 10.2. The van der Waals surface area contributed by atoms with Crippen LogP contribution < -0.4 is 4.52 Å². The number of hydrogen-bond acceptors (Lipinski definition) is 2. The van der Waals surface area contributed by atoms with Crippen molar-refractivity contribution in [3.8, 4) is 16.9 Å². The fraction of sp³-hybridized carbons (Fsp3) is 0.188. The topological polar surface area (TPSA) is 29.5 Å². The van der Waals surface area contributed by atoms with E-state index in [0.717, 1.165) is 40.7 Å². The average molecular weight is 479 g/mol. The Labute approximate surface area is 209 Å². The van der Waals surface area contributed by atoms with Crippen LogP contribution in [0.25, 0.3) is 28.0 Å². The summed E-state index contributed by atoms with van der Waals surface area (Å²) in [6.45, 7) is 6.47. The minimum absolute atomic E-state index is 0.514. The minimum atomic E-state index is -1.68. The van der Waals surface area contributed by atoms with Crippen molar-refractivity contribution < 1.29 is 9.42 Å². The quantitative estimate of drug-likeness (QED) is 0.281. The smallest absolute Gasteiger partial charge is 0.232 e. The number of hydrogen-bond donors (Lipinski definition) is 1. The van der Waals surface area contributed by atoms with E-state index in [1.807, 2.05) is 12.1 Å². The van der Waals surface area contributed by atoms with E-state index in [1.165, 1.54) is 33.2 Å². The molecule has 2 nitrogen and oxygen atoms in total. The molecular formula is C32H31O2P. The zero-order chi connectivity index (χ0) is 24.4. The molecule has 1 unspecified atom stereocenters. The van der Waals surface area contributed by atoms with E-state index in [2.05, 4.69) is 99.7 Å². The number of benzene rings is 4. The molecule has 0 radical (unpaired) electrons. The SMILES string of the molecule is CCc1ccccc1CP(O)Oc1ccc2c(C)cccc2c1-c1ccc(C)c2c1C=CC=CC2. The van der Waals surface area contributed by atoms with Gasteiger partial charge in [0.1, 0.15) is 5.75 Å². The molecule has 4 aromatic carbocycles. The first kappa shape index (κ1) is 23.5. The van der Waals surface area contributed by atoms with Crippen LogP contribution in [0.1, 0.15) is 40.3 Å². The molecule has 3 heteroatoms. The van der Waals surface area contributed by atoms with Crippen LogP contribution in [0.5, 0.6) is 5.75 Å². The highest BCUT2D eigenvalue weighted by Gasteiger charge is 2.20. The zero-order valence-electron chi connectivity index (χ0n) is 20.6. The van der Waals surface area contributed by atoms with Crippen molar-refractivity contribution in [3.05, 3.63) is 118 Å². The molecule has 0 heterocycles. The first-order chi connectivity index (χ1) is 17.1. The van der Waals surface area contributed by atoms with E-state index in [-0.39, 0.29) is 0 Å². The average Bonchev–Trinajstić information content (AvgIpc) is 3.12. The van der Waals surface area contributed by atoms with Crippen LogP contribution in [0.2, 0.25) is 0 Å². The Balaban J connectivity index is 1.64. The first-order valence-electron chi connectivity index (χ1n) is 12.3. The van der Waals surface area contributed by atoms with E-state index < -0.39 is 8.38 Å². The number of aryl methyl sites for hydroxylation is 3. The molecule has 0 fully saturated rings. The summed E-state index contributed by atoms with van der Waals surface area (Å²) < 4.78 is 6.38. The van der Waals surface area contributed by atoms with Crippen LogP contribution >= 0.6 is 8.38 Å². The van der Waals surface area contributed by atoms with E-state index in [9.17, 15) is 4.89 Å². The van der Waals surface area contributed by atoms with Gasteiger partial charge in [-0.05, 0) is 82.5 Å². The van der Waals surface area contributed by atoms with Gasteiger partial charge in [0.25, 0.3) is 0 Å². The maximum absolute atomic E-state index is 11.1. The summed E-state index contributed by atoms with van der Waals surface area (Å²) in [6.07, 6.45) is 11.0. The van der Waals surface area contributed by atoms with Crippen LogP contribution in [0.3, 0.4) is 0 Å². The van der Waals surface area contributed by atoms with Crippen LogP contribution in [0, 0.1) is 13.8 Å². The summed E-state index contributed by atoms with van der Waals surface area (Å²) in [5, 5.41) is 2.36. The summed E-state index contributed by atoms with van der Waals surface area (Å²) in [5.41, 5.74) is 9.70. The third-order valence-electron chi connectivity index (χ3n) is 6.94. The van der Waals surface area contributed by atoms with E-state index in [1.54, 1.807) is 0 Å². The predicted octanol–water partition coefficient (Wildman–Crippen LogP) is 8.69. The summed E-state index contributed by atoms with van der Waals surface area (Å²) in [6, 6.07) is 23.3. The van der Waals surface area contributed by atoms with Gasteiger partial charge in [-0.15, -0.1) is 0 Å². The summed E-state index contributed by atoms with van der Waals surface area (Å²) in [4.78, 5) is 11.1. The normalized spacial score (nSPS) is 13.5. The second-order valence-corrected chi connectivity index (χ2v) is 10.3. The lowest BCUT2D eigenvalue weighted by Crippen LogP contribution is -1.99. The van der Waals surface area contributed by atoms with Crippen LogP contribution in [-0.4, -0.2) is 4.89 Å². The van der Waals surface area contributed by atoms with Crippen molar-refractivity contribution in [1.29, 1.82) is 0 Å². The largest absolute Gasteiger partial charge is 0.446 e. The summed E-state index contributed by atoms with van der Waals surface area (Å²) >= 11 is 0. The van der Waals surface area contributed by atoms with Crippen molar-refractivity contribution in [2.24, 2.45) is 0 Å². The molecule has 1 aliphatic rings. The van der Waals surface area contributed by atoms with Gasteiger partial charge in [-0.2, -0.15) is 0 Å². The third-order valence-corrected chi connectivity index (χ3v) is 7.96. The van der Waals surface area contributed by atoms with Gasteiger partial charge in [0.2, 0.25) is 8.38 Å². The molecule has 0 bridgehead atoms. The van der Waals surface area contributed by atoms with Gasteiger partial charge in [0.15, 0.2) is 0 Å². The van der Waals surface area contributed by atoms with Crippen molar-refractivity contribution in [2.45, 2.75) is 39.8 Å². The Bertz CT molecular complexity index is 1450. The van der Waals surface area contributed by atoms with Gasteiger partial charge in [0.05, 0.1) is 6.16 Å². The molecule has 0 aromatic heterocycles. The van der Waals surface area contributed by atoms with Gasteiger partial charge in [-0.25, -0.2) is 0 Å². The highest BCUT2D eigenvalue weighted by molar-refractivity contribution is 7.45. The number of fused-ring (bicyclic) bond motifs is 2. The maximum atomic E-state index is 11.1. The third kappa shape index (κ3) is 4.69. The molecule has 0 aliphatic heterocycles. The maximum Gasteiger partial charge on any atom is 0.232 e. The van der Waals surface area contributed by atoms with Gasteiger partial charge >= 0.3 is 0 Å². The highest BCUT2D eigenvalue weighted by atomic mass is 31.2. The lowest BCUT2D eigenvalue weighted by Gasteiger charge is -2.21. The minimum Gasteiger partial charge on any atom is -0.446 e. The summed E-state index contributed by atoms with van der Waals surface area (Å²) in [7, 11) is -1.68. The first-order valence-corrected chi connectivity index (χ1v) is 13.7. The Morgan fingerprint density at radius 2 is 1.66 bits per heavy atom. The number of allylic oxidation sites excluding steroid dienone is 3. The predicted molar refractivity (Wildman–Crippen MR) is 150 cm³/mol. The van der Waals surface area contributed by atoms with Crippen LogP contribution in [0.4, 0.5) is 0 Å². The molecular weight excluding hydrogens is 447 g/mol. The molecule has 0 saturated carbocycles. The molecule has 4 aromatic rings. The monoisotopic (exact) mass is 478 g/mol. The molecule has 1 N–H and O–H groups in total. The van der Waals surface area contributed by atoms with Crippen molar-refractivity contribution in [2.75, 3.05) is 0 Å². The second-order valence-electron chi connectivity index (χ2n) is 9.15. The van der Waals surface area contributed by atoms with Gasteiger partial charge in [0, 0.05) is 5.56 Å². The van der Waals surface area contributed by atoms with Crippen molar-refractivity contribution >= 4 is 25.2 Å². The molecule has 176 valence electrons. The Morgan fingerprint density at radius 3 is 2.49 bits per heavy atom. The lowest BCUT2D eigenvalue weighted by molar-refractivity contribution is 0.486. The van der Waals surface area contributed by atoms with Crippen LogP contribution in [0.15, 0.2) is 85.0 Å². The molecule has 0 saturated heterocycles. The van der Waals surface area contributed by atoms with E-state index in [4.69, 9.17) is 4.52 Å². The Morgan fingerprint density at radius 1 is 0.829 bits per heavy atom. The Hall–Kier alpha value is -3.19. The molecule has 5 rings (SSSR count). The van der Waals surface area contributed by atoms with Gasteiger partial charge in [-0.1, -0.05) is 91.9 Å². The van der Waals surface area contributed by atoms with Crippen molar-refractivity contribution in [3.63, 3.8) is 0 Å². The molecule has 0 spiro atoms. The van der Waals surface area contributed by atoms with Crippen molar-refractivity contribution in [1.82, 2.24) is 0 Å². The fourth-order valence-electron chi connectivity index (χ4n) is 5.07. The highest BCUT2D eigenvalue weighted by Crippen LogP contribution is 2.47. The molecule has 1 aliphatic carbocycles. The summed E-state index contributed by atoms with van der Waals surface area (Å²) in [5.74, 6) is 0.738. The molecule has 0 amide bonds. The Kier molecular flexibility index (Phi) is 6.86. The number of rotatable bonds is 6. The van der Waals surface area contributed by atoms with E-state index in [0.29, 0.717) is 6.16 Å². The zero-order valence-corrected chi connectivity index (χ0v) is 21.5. The molecule has 1 atom stereocenters. The van der Waals surface area contributed by atoms with Gasteiger partial charge in [-0.3, -0.25) is 0 Å². The molecule has 35 heavy (non-hydrogen) atoms. The standard InChI is InChI=1S/C32H31O2P/c1-4-24-12-8-9-13-25(24)21-35(33)34-31-20-19-27-22(2)11-10-16-29(27)32(31)30-18-17-23(3)26-14-6-5-7-15-28(26)30/h5-13,15-20,33H,4,14,21H2,1-3H3. The van der Waals surface area contributed by atoms with Crippen LogP contribution in [-0.2, 0) is 19.0 Å². The van der Waals surface area contributed by atoms with Gasteiger partial charge < -0.3 is 9.42 Å². The lowest BCUT2D eigenvalue weighted by atomic mass is 9.88.